The van der Waals surface area contributed by atoms with Crippen LogP contribution in [0.5, 0.6) is 5.75 Å². The second-order valence-corrected chi connectivity index (χ2v) is 14.4. The van der Waals surface area contributed by atoms with Crippen LogP contribution in [0.15, 0.2) is 54.6 Å². The summed E-state index contributed by atoms with van der Waals surface area (Å²) in [4.78, 5) is 29.5. The number of carboxylic acid groups (broad SMARTS) is 1. The van der Waals surface area contributed by atoms with E-state index in [2.05, 4.69) is 30.1 Å². The van der Waals surface area contributed by atoms with Crippen molar-refractivity contribution in [2.75, 3.05) is 46.4 Å². The summed E-state index contributed by atoms with van der Waals surface area (Å²) in [6, 6.07) is 15.3. The van der Waals surface area contributed by atoms with Crippen molar-refractivity contribution in [3.05, 3.63) is 65.7 Å². The van der Waals surface area contributed by atoms with Gasteiger partial charge in [0.1, 0.15) is 17.2 Å². The number of fused-ring (bicyclic) bond motifs is 1. The molecule has 0 aromatic heterocycles. The largest absolute Gasteiger partial charge is 0.496 e. The number of halogens is 5. The topological polar surface area (TPSA) is 82.1 Å². The highest BCUT2D eigenvalue weighted by Gasteiger charge is 2.61. The van der Waals surface area contributed by atoms with Crippen LogP contribution in [0.1, 0.15) is 50.7 Å². The van der Waals surface area contributed by atoms with E-state index in [4.69, 9.17) is 4.74 Å². The first-order valence-corrected chi connectivity index (χ1v) is 17.1. The zero-order valence-electron chi connectivity index (χ0n) is 28.8. The van der Waals surface area contributed by atoms with Gasteiger partial charge in [-0.1, -0.05) is 62.4 Å². The number of amides is 1. The van der Waals surface area contributed by atoms with Crippen LogP contribution >= 0.6 is 0 Å². The highest BCUT2D eigenvalue weighted by atomic mass is 19.4. The van der Waals surface area contributed by atoms with E-state index in [9.17, 15) is 36.6 Å². The lowest BCUT2D eigenvalue weighted by atomic mass is 9.76. The maximum atomic E-state index is 14.4. The average molecular weight is 704 g/mol. The smallest absolute Gasteiger partial charge is 0.403 e. The molecule has 0 unspecified atom stereocenters. The fourth-order valence-electron chi connectivity index (χ4n) is 7.71. The highest BCUT2D eigenvalue weighted by Crippen LogP contribution is 2.47. The molecule has 2 aliphatic heterocycles. The monoisotopic (exact) mass is 703 g/mol. The van der Waals surface area contributed by atoms with Gasteiger partial charge >= 0.3 is 12.1 Å². The lowest BCUT2D eigenvalue weighted by molar-refractivity contribution is -0.233. The van der Waals surface area contributed by atoms with Crippen LogP contribution in [-0.2, 0) is 22.4 Å². The van der Waals surface area contributed by atoms with Crippen molar-refractivity contribution < 1.29 is 41.4 Å². The maximum absolute atomic E-state index is 14.4. The molecule has 0 spiro atoms. The standard InChI is InChI=1S/C38H46F5N3O4/c1-36(2)15-7-18-46(24-36)19-14-25-8-5-13-31(50-3)33(25)29-12-6-10-27-26(9-4-11-28(27)29)22-30(34(47)48)44-35(49)37(38(41,42)43)16-20-45(21-17-37)23-32(39)40/h4-6,8-13,30,32H,7,14-24H2,1-3H3,(H,44,49)(H,47,48)/t30-/m0/s1. The van der Waals surface area contributed by atoms with Gasteiger partial charge < -0.3 is 20.1 Å². The Kier molecular flexibility index (Phi) is 11.4. The molecule has 0 radical (unpaired) electrons. The number of methoxy groups -OCH3 is 1. The van der Waals surface area contributed by atoms with E-state index in [0.717, 1.165) is 54.6 Å². The number of carbonyl (C=O) groups is 2. The van der Waals surface area contributed by atoms with Gasteiger partial charge in [0, 0.05) is 25.1 Å². The molecule has 12 heteroatoms. The molecule has 1 amide bonds. The Morgan fingerprint density at radius 1 is 0.920 bits per heavy atom. The first-order valence-electron chi connectivity index (χ1n) is 17.1. The fraction of sp³-hybridized carbons (Fsp3) is 0.526. The molecule has 272 valence electrons. The zero-order valence-corrected chi connectivity index (χ0v) is 28.8. The number of piperidine rings is 2. The molecule has 7 nitrogen and oxygen atoms in total. The van der Waals surface area contributed by atoms with Gasteiger partial charge in [-0.25, -0.2) is 13.6 Å². The number of nitrogens with one attached hydrogen (secondary N) is 1. The van der Waals surface area contributed by atoms with Crippen LogP contribution in [0.4, 0.5) is 22.0 Å². The summed E-state index contributed by atoms with van der Waals surface area (Å²) >= 11 is 0. The van der Waals surface area contributed by atoms with Crippen molar-refractivity contribution in [3.8, 4) is 16.9 Å². The first kappa shape index (κ1) is 37.5. The third-order valence-electron chi connectivity index (χ3n) is 10.4. The summed E-state index contributed by atoms with van der Waals surface area (Å²) in [6.07, 6.45) is -6.33. The second-order valence-electron chi connectivity index (χ2n) is 14.4. The molecule has 3 aromatic carbocycles. The summed E-state index contributed by atoms with van der Waals surface area (Å²) in [5.41, 5.74) is 0.807. The van der Waals surface area contributed by atoms with Crippen molar-refractivity contribution in [1.82, 2.24) is 15.1 Å². The van der Waals surface area contributed by atoms with E-state index in [1.165, 1.54) is 11.3 Å². The summed E-state index contributed by atoms with van der Waals surface area (Å²) < 4.78 is 74.9. The number of nitrogens with zero attached hydrogens (tertiary/aromatic N) is 2. The number of carbonyl (C=O) groups excluding carboxylic acids is 1. The number of ether oxygens (including phenoxy) is 1. The SMILES string of the molecule is COc1cccc(CCN2CCCC(C)(C)C2)c1-c1cccc2c(C[C@H](NC(=O)C3(C(F)(F)F)CCN(CC(F)F)CC3)C(=O)O)cccc12. The number of aliphatic carboxylic acids is 1. The Labute approximate surface area is 289 Å². The van der Waals surface area contributed by atoms with E-state index < -0.39 is 55.3 Å². The third-order valence-corrected chi connectivity index (χ3v) is 10.4. The van der Waals surface area contributed by atoms with Gasteiger partial charge in [-0.15, -0.1) is 0 Å². The minimum absolute atomic E-state index is 0.260. The molecule has 2 saturated heterocycles. The van der Waals surface area contributed by atoms with Gasteiger partial charge in [0.2, 0.25) is 5.91 Å². The normalized spacial score (nSPS) is 19.0. The number of likely N-dealkylation sites (tertiary alicyclic amines) is 2. The van der Waals surface area contributed by atoms with Gasteiger partial charge in [0.15, 0.2) is 0 Å². The summed E-state index contributed by atoms with van der Waals surface area (Å²) in [7, 11) is 1.61. The second kappa shape index (κ2) is 15.2. The Balaban J connectivity index is 1.43. The van der Waals surface area contributed by atoms with Crippen LogP contribution in [-0.4, -0.2) is 91.8 Å². The molecular weight excluding hydrogens is 657 g/mol. The van der Waals surface area contributed by atoms with Crippen LogP contribution in [0.3, 0.4) is 0 Å². The van der Waals surface area contributed by atoms with Gasteiger partial charge in [-0.3, -0.25) is 9.69 Å². The molecule has 2 aliphatic rings. The number of rotatable bonds is 12. The Hall–Kier alpha value is -3.77. The van der Waals surface area contributed by atoms with E-state index in [0.29, 0.717) is 16.7 Å². The molecule has 0 saturated carbocycles. The molecule has 0 bridgehead atoms. The van der Waals surface area contributed by atoms with E-state index in [-0.39, 0.29) is 24.9 Å². The summed E-state index contributed by atoms with van der Waals surface area (Å²) in [6.45, 7) is 6.12. The van der Waals surface area contributed by atoms with E-state index in [1.807, 2.05) is 36.4 Å². The number of hydrogen-bond acceptors (Lipinski definition) is 5. The van der Waals surface area contributed by atoms with Crippen LogP contribution in [0.2, 0.25) is 0 Å². The fourth-order valence-corrected chi connectivity index (χ4v) is 7.71. The highest BCUT2D eigenvalue weighted by molar-refractivity contribution is 6.00. The minimum atomic E-state index is -5.00. The molecule has 5 rings (SSSR count). The maximum Gasteiger partial charge on any atom is 0.403 e. The Morgan fingerprint density at radius 3 is 2.22 bits per heavy atom. The van der Waals surface area contributed by atoms with Gasteiger partial charge in [0.25, 0.3) is 6.43 Å². The van der Waals surface area contributed by atoms with Crippen molar-refractivity contribution in [1.29, 1.82) is 0 Å². The molecular formula is C38H46F5N3O4. The average Bonchev–Trinajstić information content (AvgIpc) is 3.05. The van der Waals surface area contributed by atoms with Gasteiger partial charge in [0.05, 0.1) is 13.7 Å². The molecule has 3 aromatic rings. The lowest BCUT2D eigenvalue weighted by Crippen LogP contribution is -2.59. The quantitative estimate of drug-likeness (QED) is 0.194. The lowest BCUT2D eigenvalue weighted by Gasteiger charge is -2.41. The predicted octanol–water partition coefficient (Wildman–Crippen LogP) is 7.20. The van der Waals surface area contributed by atoms with Crippen molar-refractivity contribution in [3.63, 3.8) is 0 Å². The number of alkyl halides is 5. The number of benzene rings is 3. The van der Waals surface area contributed by atoms with Gasteiger partial charge in [-0.05, 0) is 90.7 Å². The van der Waals surface area contributed by atoms with Crippen LogP contribution in [0, 0.1) is 10.8 Å². The summed E-state index contributed by atoms with van der Waals surface area (Å²) in [5.74, 6) is -2.25. The minimum Gasteiger partial charge on any atom is -0.496 e. The first-order chi connectivity index (χ1) is 23.6. The number of carboxylic acids is 1. The Bertz CT molecular complexity index is 1670. The molecule has 50 heavy (non-hydrogen) atoms. The van der Waals surface area contributed by atoms with Crippen LogP contribution in [0.25, 0.3) is 21.9 Å². The molecule has 2 N–H and O–H groups in total. The van der Waals surface area contributed by atoms with Crippen molar-refractivity contribution in [2.45, 2.75) is 71.0 Å². The van der Waals surface area contributed by atoms with E-state index >= 15 is 0 Å². The van der Waals surface area contributed by atoms with Crippen LogP contribution < -0.4 is 10.1 Å². The molecule has 2 heterocycles. The zero-order chi connectivity index (χ0) is 36.3. The summed E-state index contributed by atoms with van der Waals surface area (Å²) in [5, 5.41) is 13.8. The van der Waals surface area contributed by atoms with Crippen molar-refractivity contribution in [2.24, 2.45) is 10.8 Å². The molecule has 1 atom stereocenters. The van der Waals surface area contributed by atoms with Gasteiger partial charge in [-0.2, -0.15) is 13.2 Å². The molecule has 2 fully saturated rings. The number of hydrogen-bond donors (Lipinski definition) is 2. The predicted molar refractivity (Wildman–Crippen MR) is 183 cm³/mol. The van der Waals surface area contributed by atoms with E-state index in [1.54, 1.807) is 19.2 Å². The Morgan fingerprint density at radius 2 is 1.58 bits per heavy atom. The molecule has 0 aliphatic carbocycles. The van der Waals surface area contributed by atoms with Crippen molar-refractivity contribution >= 4 is 22.6 Å². The third kappa shape index (κ3) is 8.23.